The lowest BCUT2D eigenvalue weighted by molar-refractivity contribution is -0.119. The second kappa shape index (κ2) is 8.38. The Morgan fingerprint density at radius 3 is 2.96 bits per heavy atom. The highest BCUT2D eigenvalue weighted by Crippen LogP contribution is 2.36. The molecule has 1 amide bonds. The third-order valence-corrected chi connectivity index (χ3v) is 4.08. The molecule has 128 valence electrons. The van der Waals surface area contributed by atoms with Crippen molar-refractivity contribution in [1.29, 1.82) is 0 Å². The fraction of sp³-hybridized carbons (Fsp3) is 0.562. The maximum atomic E-state index is 10.8. The summed E-state index contributed by atoms with van der Waals surface area (Å²) >= 11 is 6.23. The molecule has 1 heterocycles. The molecule has 2 atom stereocenters. The van der Waals surface area contributed by atoms with Crippen molar-refractivity contribution >= 4 is 17.5 Å². The normalized spacial score (nSPS) is 18.7. The maximum absolute atomic E-state index is 10.8. The Labute approximate surface area is 141 Å². The molecule has 23 heavy (non-hydrogen) atoms. The first kappa shape index (κ1) is 17.8. The first-order valence-electron chi connectivity index (χ1n) is 7.63. The van der Waals surface area contributed by atoms with Crippen LogP contribution >= 0.6 is 11.6 Å². The molecule has 2 rings (SSSR count). The van der Waals surface area contributed by atoms with E-state index in [1.54, 1.807) is 6.07 Å². The number of halogens is 1. The van der Waals surface area contributed by atoms with E-state index in [9.17, 15) is 4.79 Å². The Bertz CT molecular complexity index is 547. The fourth-order valence-corrected chi connectivity index (χ4v) is 2.85. The van der Waals surface area contributed by atoms with Gasteiger partial charge >= 0.3 is 0 Å². The van der Waals surface area contributed by atoms with Gasteiger partial charge in [-0.3, -0.25) is 4.79 Å². The van der Waals surface area contributed by atoms with E-state index in [0.29, 0.717) is 23.1 Å². The number of amides is 1. The summed E-state index contributed by atoms with van der Waals surface area (Å²) in [5.41, 5.74) is 6.04. The third kappa shape index (κ3) is 4.99. The van der Waals surface area contributed by atoms with Crippen LogP contribution in [0.2, 0.25) is 5.02 Å². The van der Waals surface area contributed by atoms with Crippen molar-refractivity contribution in [1.82, 2.24) is 5.32 Å². The summed E-state index contributed by atoms with van der Waals surface area (Å²) in [5.74, 6) is 0.225. The summed E-state index contributed by atoms with van der Waals surface area (Å²) in [4.78, 5) is 10.8. The number of benzene rings is 1. The molecule has 0 spiro atoms. The van der Waals surface area contributed by atoms with Gasteiger partial charge in [0.05, 0.1) is 18.2 Å². The molecule has 1 aliphatic heterocycles. The Morgan fingerprint density at radius 2 is 2.35 bits per heavy atom. The molecule has 7 heteroatoms. The fourth-order valence-electron chi connectivity index (χ4n) is 2.57. The molecule has 0 unspecified atom stereocenters. The van der Waals surface area contributed by atoms with Crippen molar-refractivity contribution in [2.24, 2.45) is 5.73 Å². The number of carbonyl (C=O) groups excluding carboxylic acids is 1. The van der Waals surface area contributed by atoms with Crippen LogP contribution in [0.5, 0.6) is 11.5 Å². The predicted octanol–water partition coefficient (Wildman–Crippen LogP) is 1.87. The van der Waals surface area contributed by atoms with Crippen LogP contribution in [0.1, 0.15) is 25.3 Å². The van der Waals surface area contributed by atoms with Crippen LogP contribution in [0.3, 0.4) is 0 Å². The molecule has 0 radical (unpaired) electrons. The van der Waals surface area contributed by atoms with Crippen molar-refractivity contribution < 1.29 is 19.0 Å². The molecule has 1 saturated heterocycles. The smallest absolute Gasteiger partial charge is 0.255 e. The Morgan fingerprint density at radius 1 is 1.57 bits per heavy atom. The second-order valence-electron chi connectivity index (χ2n) is 5.59. The van der Waals surface area contributed by atoms with Gasteiger partial charge in [-0.15, -0.1) is 0 Å². The largest absolute Gasteiger partial charge is 0.493 e. The molecular formula is C16H23ClN2O4. The van der Waals surface area contributed by atoms with Crippen molar-refractivity contribution in [3.8, 4) is 11.5 Å². The second-order valence-corrected chi connectivity index (χ2v) is 5.99. The summed E-state index contributed by atoms with van der Waals surface area (Å²) in [6.07, 6.45) is 2.45. The molecule has 0 aliphatic carbocycles. The topological polar surface area (TPSA) is 82.8 Å². The first-order chi connectivity index (χ1) is 11.0. The minimum Gasteiger partial charge on any atom is -0.493 e. The SMILES string of the molecule is COc1cc(CN[C@H](C)[C@@H]2CCCO2)cc(Cl)c1OCC(N)=O. The van der Waals surface area contributed by atoms with E-state index in [1.807, 2.05) is 6.07 Å². The highest BCUT2D eigenvalue weighted by Gasteiger charge is 2.22. The average Bonchev–Trinajstić information content (AvgIpc) is 3.05. The molecule has 3 N–H and O–H groups in total. The number of hydrogen-bond donors (Lipinski definition) is 2. The van der Waals surface area contributed by atoms with Gasteiger partial charge in [0.2, 0.25) is 0 Å². The van der Waals surface area contributed by atoms with Crippen molar-refractivity contribution in [3.63, 3.8) is 0 Å². The maximum Gasteiger partial charge on any atom is 0.255 e. The van der Waals surface area contributed by atoms with Gasteiger partial charge in [0.25, 0.3) is 5.91 Å². The lowest BCUT2D eigenvalue weighted by atomic mass is 10.1. The lowest BCUT2D eigenvalue weighted by Gasteiger charge is -2.20. The number of methoxy groups -OCH3 is 1. The minimum absolute atomic E-state index is 0.246. The van der Waals surface area contributed by atoms with Crippen LogP contribution in [-0.4, -0.2) is 38.4 Å². The van der Waals surface area contributed by atoms with Crippen molar-refractivity contribution in [2.45, 2.75) is 38.5 Å². The monoisotopic (exact) mass is 342 g/mol. The number of primary amides is 1. The number of nitrogens with one attached hydrogen (secondary N) is 1. The van der Waals surface area contributed by atoms with Gasteiger partial charge in [-0.25, -0.2) is 0 Å². The minimum atomic E-state index is -0.570. The van der Waals surface area contributed by atoms with Gasteiger partial charge in [0.1, 0.15) is 0 Å². The predicted molar refractivity (Wildman–Crippen MR) is 88.0 cm³/mol. The lowest BCUT2D eigenvalue weighted by Crippen LogP contribution is -2.36. The van der Waals surface area contributed by atoms with Crippen LogP contribution in [0, 0.1) is 0 Å². The molecule has 0 aromatic heterocycles. The summed E-state index contributed by atoms with van der Waals surface area (Å²) in [6, 6.07) is 3.88. The average molecular weight is 343 g/mol. The third-order valence-electron chi connectivity index (χ3n) is 3.80. The van der Waals surface area contributed by atoms with E-state index in [1.165, 1.54) is 7.11 Å². The molecular weight excluding hydrogens is 320 g/mol. The number of hydrogen-bond acceptors (Lipinski definition) is 5. The van der Waals surface area contributed by atoms with E-state index in [0.717, 1.165) is 25.0 Å². The van der Waals surface area contributed by atoms with Gasteiger partial charge in [-0.05, 0) is 37.5 Å². The zero-order chi connectivity index (χ0) is 16.8. The van der Waals surface area contributed by atoms with Crippen LogP contribution in [0.15, 0.2) is 12.1 Å². The standard InChI is InChI=1S/C16H23ClN2O4/c1-10(13-4-3-5-22-13)19-8-11-6-12(17)16(14(7-11)21-2)23-9-15(18)20/h6-7,10,13,19H,3-5,8-9H2,1-2H3,(H2,18,20)/t10-,13+/m1/s1. The zero-order valence-electron chi connectivity index (χ0n) is 13.4. The van der Waals surface area contributed by atoms with E-state index < -0.39 is 5.91 Å². The van der Waals surface area contributed by atoms with E-state index >= 15 is 0 Å². The van der Waals surface area contributed by atoms with Gasteiger partial charge < -0.3 is 25.3 Å². The number of ether oxygens (including phenoxy) is 3. The summed E-state index contributed by atoms with van der Waals surface area (Å²) < 4.78 is 16.3. The Balaban J connectivity index is 2.01. The highest BCUT2D eigenvalue weighted by atomic mass is 35.5. The van der Waals surface area contributed by atoms with Crippen LogP contribution in [-0.2, 0) is 16.1 Å². The summed E-state index contributed by atoms with van der Waals surface area (Å²) in [5, 5.41) is 3.82. The van der Waals surface area contributed by atoms with E-state index in [-0.39, 0.29) is 18.8 Å². The molecule has 1 aliphatic rings. The summed E-state index contributed by atoms with van der Waals surface area (Å²) in [6.45, 7) is 3.33. The first-order valence-corrected chi connectivity index (χ1v) is 8.01. The number of nitrogens with two attached hydrogens (primary N) is 1. The number of carbonyl (C=O) groups is 1. The Hall–Kier alpha value is -1.50. The van der Waals surface area contributed by atoms with E-state index in [2.05, 4.69) is 12.2 Å². The van der Waals surface area contributed by atoms with Crippen molar-refractivity contribution in [2.75, 3.05) is 20.3 Å². The quantitative estimate of drug-likeness (QED) is 0.753. The molecule has 6 nitrogen and oxygen atoms in total. The van der Waals surface area contributed by atoms with Crippen LogP contribution < -0.4 is 20.5 Å². The van der Waals surface area contributed by atoms with Crippen LogP contribution in [0.4, 0.5) is 0 Å². The van der Waals surface area contributed by atoms with Crippen LogP contribution in [0.25, 0.3) is 0 Å². The molecule has 1 aromatic rings. The zero-order valence-corrected chi connectivity index (χ0v) is 14.2. The molecule has 1 aromatic carbocycles. The van der Waals surface area contributed by atoms with Gasteiger partial charge in [0, 0.05) is 19.2 Å². The van der Waals surface area contributed by atoms with E-state index in [4.69, 9.17) is 31.5 Å². The molecule has 1 fully saturated rings. The number of rotatable bonds is 8. The highest BCUT2D eigenvalue weighted by molar-refractivity contribution is 6.32. The van der Waals surface area contributed by atoms with Gasteiger partial charge in [-0.2, -0.15) is 0 Å². The van der Waals surface area contributed by atoms with Crippen molar-refractivity contribution in [3.05, 3.63) is 22.7 Å². The Kier molecular flexibility index (Phi) is 6.50. The molecule has 0 saturated carbocycles. The van der Waals surface area contributed by atoms with Gasteiger partial charge in [-0.1, -0.05) is 11.6 Å². The molecule has 0 bridgehead atoms. The van der Waals surface area contributed by atoms with Gasteiger partial charge in [0.15, 0.2) is 18.1 Å². The summed E-state index contributed by atoms with van der Waals surface area (Å²) in [7, 11) is 1.52.